The second kappa shape index (κ2) is 3.96. The predicted molar refractivity (Wildman–Crippen MR) is 67.1 cm³/mol. The van der Waals surface area contributed by atoms with Gasteiger partial charge in [0.2, 0.25) is 0 Å². The Hall–Kier alpha value is -1.59. The van der Waals surface area contributed by atoms with Crippen LogP contribution >= 0.6 is 0 Å². The van der Waals surface area contributed by atoms with E-state index in [1.807, 2.05) is 6.07 Å². The summed E-state index contributed by atoms with van der Waals surface area (Å²) in [5.41, 5.74) is 8.13. The highest BCUT2D eigenvalue weighted by atomic mass is 16.4. The van der Waals surface area contributed by atoms with Gasteiger partial charge in [0.1, 0.15) is 0 Å². The van der Waals surface area contributed by atoms with Gasteiger partial charge in [0.25, 0.3) is 0 Å². The van der Waals surface area contributed by atoms with Gasteiger partial charge in [-0.2, -0.15) is 0 Å². The fraction of sp³-hybridized carbons (Fsp3) is 0.462. The number of rotatable bonds is 3. The molecule has 1 unspecified atom stereocenters. The van der Waals surface area contributed by atoms with Crippen LogP contribution in [0.2, 0.25) is 0 Å². The average Bonchev–Trinajstić information content (AvgIpc) is 2.67. The smallest absolute Gasteiger partial charge is 0.408 e. The number of fused-ring (bicyclic) bond motifs is 1. The van der Waals surface area contributed by atoms with Gasteiger partial charge in [-0.3, -0.25) is 4.98 Å². The van der Waals surface area contributed by atoms with Gasteiger partial charge in [-0.15, -0.1) is 0 Å². The minimum Gasteiger partial charge on any atom is -0.408 e. The Labute approximate surface area is 104 Å². The summed E-state index contributed by atoms with van der Waals surface area (Å²) in [5, 5.41) is 9.53. The van der Waals surface area contributed by atoms with Crippen LogP contribution in [-0.2, 0) is 0 Å². The SMILES string of the molecule is NC(c1ccc2[nH]c(=O)oc2c1)C1(CO)CCC1. The van der Waals surface area contributed by atoms with Crippen molar-refractivity contribution in [3.63, 3.8) is 0 Å². The Morgan fingerprint density at radius 3 is 2.89 bits per heavy atom. The summed E-state index contributed by atoms with van der Waals surface area (Å²) in [7, 11) is 0. The standard InChI is InChI=1S/C13H16N2O3/c14-11(13(7-16)4-1-5-13)8-2-3-9-10(6-8)18-12(17)15-9/h2-3,6,11,16H,1,4-5,7,14H2,(H,15,17). The molecule has 1 heterocycles. The van der Waals surface area contributed by atoms with Crippen molar-refractivity contribution in [2.45, 2.75) is 25.3 Å². The van der Waals surface area contributed by atoms with Crippen molar-refractivity contribution in [2.24, 2.45) is 11.1 Å². The summed E-state index contributed by atoms with van der Waals surface area (Å²) in [6.07, 6.45) is 3.00. The third-order valence-electron chi connectivity index (χ3n) is 4.13. The van der Waals surface area contributed by atoms with Crippen molar-refractivity contribution in [3.05, 3.63) is 34.3 Å². The third kappa shape index (κ3) is 1.59. The molecule has 1 aliphatic carbocycles. The zero-order chi connectivity index (χ0) is 12.8. The Bertz CT molecular complexity index is 619. The summed E-state index contributed by atoms with van der Waals surface area (Å²) in [4.78, 5) is 13.7. The van der Waals surface area contributed by atoms with Gasteiger partial charge in [-0.25, -0.2) is 4.79 Å². The van der Waals surface area contributed by atoms with E-state index in [2.05, 4.69) is 4.98 Å². The van der Waals surface area contributed by atoms with E-state index >= 15 is 0 Å². The lowest BCUT2D eigenvalue weighted by atomic mass is 9.63. The summed E-state index contributed by atoms with van der Waals surface area (Å²) < 4.78 is 5.03. The molecule has 5 nitrogen and oxygen atoms in total. The lowest BCUT2D eigenvalue weighted by Gasteiger charge is -2.45. The maximum Gasteiger partial charge on any atom is 0.417 e. The monoisotopic (exact) mass is 248 g/mol. The van der Waals surface area contributed by atoms with Crippen LogP contribution in [0.25, 0.3) is 11.1 Å². The van der Waals surface area contributed by atoms with Gasteiger partial charge in [0.15, 0.2) is 5.58 Å². The first-order valence-corrected chi connectivity index (χ1v) is 6.14. The van der Waals surface area contributed by atoms with E-state index in [1.165, 1.54) is 0 Å². The highest BCUT2D eigenvalue weighted by Gasteiger charge is 2.42. The number of aromatic nitrogens is 1. The molecule has 2 aromatic rings. The highest BCUT2D eigenvalue weighted by molar-refractivity contribution is 5.72. The van der Waals surface area contributed by atoms with Crippen molar-refractivity contribution < 1.29 is 9.52 Å². The van der Waals surface area contributed by atoms with Gasteiger partial charge in [-0.05, 0) is 30.5 Å². The second-order valence-corrected chi connectivity index (χ2v) is 5.12. The van der Waals surface area contributed by atoms with E-state index in [4.69, 9.17) is 10.2 Å². The molecule has 1 fully saturated rings. The van der Waals surface area contributed by atoms with E-state index in [0.717, 1.165) is 24.8 Å². The van der Waals surface area contributed by atoms with Gasteiger partial charge < -0.3 is 15.3 Å². The number of nitrogens with one attached hydrogen (secondary N) is 1. The Kier molecular flexibility index (Phi) is 2.53. The van der Waals surface area contributed by atoms with Crippen molar-refractivity contribution >= 4 is 11.1 Å². The first-order chi connectivity index (χ1) is 8.64. The number of benzene rings is 1. The molecule has 0 amide bonds. The normalized spacial score (nSPS) is 19.7. The van der Waals surface area contributed by atoms with Crippen LogP contribution in [0.15, 0.2) is 27.4 Å². The molecule has 18 heavy (non-hydrogen) atoms. The van der Waals surface area contributed by atoms with E-state index in [1.54, 1.807) is 12.1 Å². The second-order valence-electron chi connectivity index (χ2n) is 5.12. The number of aromatic amines is 1. The zero-order valence-electron chi connectivity index (χ0n) is 9.98. The summed E-state index contributed by atoms with van der Waals surface area (Å²) in [6.45, 7) is 0.100. The highest BCUT2D eigenvalue weighted by Crippen LogP contribution is 2.48. The topological polar surface area (TPSA) is 92.3 Å². The number of nitrogens with two attached hydrogens (primary N) is 1. The Morgan fingerprint density at radius 2 is 2.28 bits per heavy atom. The molecule has 1 atom stereocenters. The lowest BCUT2D eigenvalue weighted by Crippen LogP contribution is -2.43. The lowest BCUT2D eigenvalue weighted by molar-refractivity contribution is 0.0184. The van der Waals surface area contributed by atoms with Gasteiger partial charge in [0, 0.05) is 11.5 Å². The number of oxazole rings is 1. The molecule has 1 saturated carbocycles. The summed E-state index contributed by atoms with van der Waals surface area (Å²) in [5.74, 6) is -0.462. The fourth-order valence-electron chi connectivity index (χ4n) is 2.71. The third-order valence-corrected chi connectivity index (χ3v) is 4.13. The predicted octanol–water partition coefficient (Wildman–Crippen LogP) is 1.28. The van der Waals surface area contributed by atoms with Gasteiger partial charge in [-0.1, -0.05) is 12.5 Å². The number of hydrogen-bond donors (Lipinski definition) is 3. The van der Waals surface area contributed by atoms with Crippen LogP contribution in [0, 0.1) is 5.41 Å². The van der Waals surface area contributed by atoms with E-state index < -0.39 is 5.76 Å². The summed E-state index contributed by atoms with van der Waals surface area (Å²) >= 11 is 0. The maximum atomic E-state index is 11.1. The molecule has 1 aliphatic rings. The number of aliphatic hydroxyl groups is 1. The first-order valence-electron chi connectivity index (χ1n) is 6.14. The zero-order valence-corrected chi connectivity index (χ0v) is 9.98. The molecule has 96 valence electrons. The van der Waals surface area contributed by atoms with Crippen LogP contribution in [0.3, 0.4) is 0 Å². The van der Waals surface area contributed by atoms with Crippen molar-refractivity contribution in [1.29, 1.82) is 0 Å². The van der Waals surface area contributed by atoms with Crippen LogP contribution in [0.5, 0.6) is 0 Å². The molecule has 0 aliphatic heterocycles. The Morgan fingerprint density at radius 1 is 1.50 bits per heavy atom. The van der Waals surface area contributed by atoms with Crippen LogP contribution in [0.4, 0.5) is 0 Å². The van der Waals surface area contributed by atoms with Crippen LogP contribution in [0.1, 0.15) is 30.9 Å². The molecule has 1 aromatic carbocycles. The molecule has 1 aromatic heterocycles. The fourth-order valence-corrected chi connectivity index (χ4v) is 2.71. The van der Waals surface area contributed by atoms with Gasteiger partial charge >= 0.3 is 5.76 Å². The largest absolute Gasteiger partial charge is 0.417 e. The molecule has 0 spiro atoms. The maximum absolute atomic E-state index is 11.1. The molecular weight excluding hydrogens is 232 g/mol. The van der Waals surface area contributed by atoms with Crippen LogP contribution < -0.4 is 11.5 Å². The Balaban J connectivity index is 2.00. The minimum atomic E-state index is -0.462. The summed E-state index contributed by atoms with van der Waals surface area (Å²) in [6, 6.07) is 5.24. The number of H-pyrrole nitrogens is 1. The molecular formula is C13H16N2O3. The van der Waals surface area contributed by atoms with Crippen molar-refractivity contribution in [2.75, 3.05) is 6.61 Å². The number of aliphatic hydroxyl groups excluding tert-OH is 1. The molecule has 3 rings (SSSR count). The van der Waals surface area contributed by atoms with E-state index in [9.17, 15) is 9.90 Å². The van der Waals surface area contributed by atoms with Gasteiger partial charge in [0.05, 0.1) is 12.1 Å². The average molecular weight is 248 g/mol. The molecule has 0 radical (unpaired) electrons. The van der Waals surface area contributed by atoms with Crippen molar-refractivity contribution in [3.8, 4) is 0 Å². The molecule has 4 N–H and O–H groups in total. The number of hydrogen-bond acceptors (Lipinski definition) is 4. The molecule has 5 heteroatoms. The van der Waals surface area contributed by atoms with Crippen LogP contribution in [-0.4, -0.2) is 16.7 Å². The molecule has 0 saturated heterocycles. The first kappa shape index (κ1) is 11.5. The van der Waals surface area contributed by atoms with E-state index in [0.29, 0.717) is 11.1 Å². The van der Waals surface area contributed by atoms with Crippen molar-refractivity contribution in [1.82, 2.24) is 4.98 Å². The minimum absolute atomic E-state index is 0.100. The van der Waals surface area contributed by atoms with E-state index in [-0.39, 0.29) is 18.1 Å². The quantitative estimate of drug-likeness (QED) is 0.763. The molecule has 0 bridgehead atoms.